The van der Waals surface area contributed by atoms with Crippen molar-refractivity contribution in [2.45, 2.75) is 13.5 Å². The van der Waals surface area contributed by atoms with Gasteiger partial charge in [0.05, 0.1) is 23.8 Å². The minimum absolute atomic E-state index is 0.0216. The number of ether oxygens (including phenoxy) is 1. The van der Waals surface area contributed by atoms with E-state index in [-0.39, 0.29) is 5.69 Å². The van der Waals surface area contributed by atoms with Gasteiger partial charge in [0.25, 0.3) is 5.69 Å². The molecule has 0 unspecified atom stereocenters. The molecule has 0 aliphatic rings. The first-order valence-corrected chi connectivity index (χ1v) is 6.87. The number of rotatable bonds is 7. The van der Waals surface area contributed by atoms with Crippen LogP contribution in [0.3, 0.4) is 0 Å². The van der Waals surface area contributed by atoms with E-state index in [9.17, 15) is 10.1 Å². The van der Waals surface area contributed by atoms with Gasteiger partial charge in [-0.2, -0.15) is 0 Å². The van der Waals surface area contributed by atoms with Crippen LogP contribution in [0.4, 0.5) is 11.5 Å². The molecule has 0 saturated heterocycles. The molecule has 0 aliphatic heterocycles. The van der Waals surface area contributed by atoms with Gasteiger partial charge in [-0.1, -0.05) is 6.07 Å². The largest absolute Gasteiger partial charge is 0.383 e. The number of aromatic nitrogens is 2. The molecular formula is C15H18N4O3. The maximum Gasteiger partial charge on any atom is 0.290 e. The highest BCUT2D eigenvalue weighted by atomic mass is 16.6. The molecule has 0 radical (unpaired) electrons. The van der Waals surface area contributed by atoms with E-state index in [0.717, 1.165) is 5.69 Å². The van der Waals surface area contributed by atoms with Crippen LogP contribution in [-0.2, 0) is 11.3 Å². The summed E-state index contributed by atoms with van der Waals surface area (Å²) in [5.41, 5.74) is 1.32. The van der Waals surface area contributed by atoms with Crippen LogP contribution in [0.1, 0.15) is 11.4 Å². The van der Waals surface area contributed by atoms with Crippen molar-refractivity contribution in [3.05, 3.63) is 58.0 Å². The molecule has 2 aromatic rings. The second kappa shape index (κ2) is 7.46. The lowest BCUT2D eigenvalue weighted by atomic mass is 10.3. The van der Waals surface area contributed by atoms with Gasteiger partial charge in [-0.25, -0.2) is 4.98 Å². The summed E-state index contributed by atoms with van der Waals surface area (Å²) in [7, 11) is 1.63. The van der Waals surface area contributed by atoms with E-state index >= 15 is 0 Å². The smallest absolute Gasteiger partial charge is 0.290 e. The Morgan fingerprint density at radius 2 is 2.14 bits per heavy atom. The third-order valence-electron chi connectivity index (χ3n) is 3.21. The molecule has 0 atom stereocenters. The zero-order valence-corrected chi connectivity index (χ0v) is 12.6. The molecule has 0 aliphatic carbocycles. The summed E-state index contributed by atoms with van der Waals surface area (Å²) in [5.74, 6) is 0.672. The van der Waals surface area contributed by atoms with E-state index in [4.69, 9.17) is 4.74 Å². The van der Waals surface area contributed by atoms with Crippen LogP contribution in [0.5, 0.6) is 0 Å². The normalized spacial score (nSPS) is 10.5. The summed E-state index contributed by atoms with van der Waals surface area (Å²) in [5, 5.41) is 10.9. The fourth-order valence-corrected chi connectivity index (χ4v) is 2.07. The third kappa shape index (κ3) is 3.98. The van der Waals surface area contributed by atoms with Gasteiger partial charge in [0.2, 0.25) is 0 Å². The minimum atomic E-state index is -0.426. The molecule has 7 heteroatoms. The van der Waals surface area contributed by atoms with Crippen molar-refractivity contribution in [2.24, 2.45) is 0 Å². The van der Waals surface area contributed by atoms with Crippen LogP contribution in [0, 0.1) is 17.0 Å². The van der Waals surface area contributed by atoms with Crippen molar-refractivity contribution in [3.8, 4) is 0 Å². The maximum absolute atomic E-state index is 10.9. The molecule has 0 N–H and O–H groups in total. The monoisotopic (exact) mass is 302 g/mol. The predicted molar refractivity (Wildman–Crippen MR) is 82.8 cm³/mol. The van der Waals surface area contributed by atoms with Crippen LogP contribution in [-0.4, -0.2) is 35.2 Å². The van der Waals surface area contributed by atoms with Crippen LogP contribution in [0.15, 0.2) is 36.5 Å². The SMILES string of the molecule is COCCN(Cc1ccccn1)c1ccc([N+](=O)[O-])c(C)n1. The van der Waals surface area contributed by atoms with Crippen molar-refractivity contribution in [2.75, 3.05) is 25.2 Å². The average molecular weight is 302 g/mol. The van der Waals surface area contributed by atoms with E-state index < -0.39 is 4.92 Å². The first kappa shape index (κ1) is 15.8. The molecule has 2 aromatic heterocycles. The van der Waals surface area contributed by atoms with Crippen molar-refractivity contribution in [1.82, 2.24) is 9.97 Å². The van der Waals surface area contributed by atoms with Crippen molar-refractivity contribution < 1.29 is 9.66 Å². The zero-order chi connectivity index (χ0) is 15.9. The van der Waals surface area contributed by atoms with E-state index in [1.54, 1.807) is 26.3 Å². The maximum atomic E-state index is 10.9. The lowest BCUT2D eigenvalue weighted by molar-refractivity contribution is -0.385. The van der Waals surface area contributed by atoms with Gasteiger partial charge < -0.3 is 9.64 Å². The second-order valence-corrected chi connectivity index (χ2v) is 4.77. The summed E-state index contributed by atoms with van der Waals surface area (Å²) in [6, 6.07) is 8.85. The van der Waals surface area contributed by atoms with Crippen molar-refractivity contribution >= 4 is 11.5 Å². The lowest BCUT2D eigenvalue weighted by Crippen LogP contribution is -2.28. The topological polar surface area (TPSA) is 81.4 Å². The standard InChI is InChI=1S/C15H18N4O3/c1-12-14(19(20)21)6-7-15(17-12)18(9-10-22-2)11-13-5-3-4-8-16-13/h3-8H,9-11H2,1-2H3. The first-order valence-electron chi connectivity index (χ1n) is 6.87. The van der Waals surface area contributed by atoms with E-state index in [1.165, 1.54) is 6.07 Å². The molecule has 0 amide bonds. The first-order chi connectivity index (χ1) is 10.6. The fourth-order valence-electron chi connectivity index (χ4n) is 2.07. The molecule has 0 spiro atoms. The Morgan fingerprint density at radius 3 is 2.73 bits per heavy atom. The number of hydrogen-bond acceptors (Lipinski definition) is 6. The predicted octanol–water partition coefficient (Wildman–Crippen LogP) is 2.35. The number of pyridine rings is 2. The van der Waals surface area contributed by atoms with Gasteiger partial charge in [0, 0.05) is 25.9 Å². The quantitative estimate of drug-likeness (QED) is 0.577. The van der Waals surface area contributed by atoms with E-state index in [0.29, 0.717) is 31.2 Å². The molecule has 2 heterocycles. The summed E-state index contributed by atoms with van der Waals surface area (Å²) < 4.78 is 5.13. The Hall–Kier alpha value is -2.54. The lowest BCUT2D eigenvalue weighted by Gasteiger charge is -2.23. The number of nitrogens with zero attached hydrogens (tertiary/aromatic N) is 4. The number of hydrogen-bond donors (Lipinski definition) is 0. The molecule has 0 aromatic carbocycles. The van der Waals surface area contributed by atoms with E-state index in [2.05, 4.69) is 9.97 Å². The highest BCUT2D eigenvalue weighted by Gasteiger charge is 2.15. The summed E-state index contributed by atoms with van der Waals surface area (Å²) in [6.45, 7) is 3.35. The minimum Gasteiger partial charge on any atom is -0.383 e. The molecule has 0 fully saturated rings. The highest BCUT2D eigenvalue weighted by Crippen LogP contribution is 2.21. The highest BCUT2D eigenvalue weighted by molar-refractivity contribution is 5.47. The summed E-state index contributed by atoms with van der Waals surface area (Å²) in [4.78, 5) is 21.1. The Kier molecular flexibility index (Phi) is 5.37. The molecule has 0 saturated carbocycles. The number of methoxy groups -OCH3 is 1. The van der Waals surface area contributed by atoms with Crippen LogP contribution in [0.25, 0.3) is 0 Å². The summed E-state index contributed by atoms with van der Waals surface area (Å²) in [6.07, 6.45) is 1.73. The van der Waals surface area contributed by atoms with Gasteiger partial charge in [-0.3, -0.25) is 15.1 Å². The Labute approximate surface area is 128 Å². The number of aryl methyl sites for hydroxylation is 1. The molecule has 7 nitrogen and oxygen atoms in total. The van der Waals surface area contributed by atoms with Crippen LogP contribution in [0.2, 0.25) is 0 Å². The Bertz CT molecular complexity index is 634. The number of nitro groups is 1. The Morgan fingerprint density at radius 1 is 1.32 bits per heavy atom. The third-order valence-corrected chi connectivity index (χ3v) is 3.21. The fraction of sp³-hybridized carbons (Fsp3) is 0.333. The van der Waals surface area contributed by atoms with Gasteiger partial charge in [-0.05, 0) is 25.1 Å². The van der Waals surface area contributed by atoms with Gasteiger partial charge >= 0.3 is 0 Å². The van der Waals surface area contributed by atoms with Gasteiger partial charge in [-0.15, -0.1) is 0 Å². The zero-order valence-electron chi connectivity index (χ0n) is 12.6. The van der Waals surface area contributed by atoms with Gasteiger partial charge in [0.15, 0.2) is 0 Å². The van der Waals surface area contributed by atoms with Crippen LogP contribution >= 0.6 is 0 Å². The average Bonchev–Trinajstić information content (AvgIpc) is 2.52. The van der Waals surface area contributed by atoms with Gasteiger partial charge in [0.1, 0.15) is 11.5 Å². The van der Waals surface area contributed by atoms with Crippen molar-refractivity contribution in [3.63, 3.8) is 0 Å². The van der Waals surface area contributed by atoms with Crippen LogP contribution < -0.4 is 4.90 Å². The van der Waals surface area contributed by atoms with E-state index in [1.807, 2.05) is 23.1 Å². The molecule has 22 heavy (non-hydrogen) atoms. The molecule has 2 rings (SSSR count). The summed E-state index contributed by atoms with van der Waals surface area (Å²) >= 11 is 0. The molecular weight excluding hydrogens is 284 g/mol. The molecule has 0 bridgehead atoms. The molecule has 116 valence electrons. The van der Waals surface area contributed by atoms with Crippen molar-refractivity contribution in [1.29, 1.82) is 0 Å². The Balaban J connectivity index is 2.25. The number of anilines is 1. The second-order valence-electron chi connectivity index (χ2n) is 4.77.